The number of benzene rings is 3. The van der Waals surface area contributed by atoms with Gasteiger partial charge in [0.25, 0.3) is 5.78 Å². The quantitative estimate of drug-likeness (QED) is 0.229. The van der Waals surface area contributed by atoms with Crippen molar-refractivity contribution in [2.75, 3.05) is 0 Å². The molecule has 3 aromatic heterocycles. The molecule has 0 spiro atoms. The molecule has 6 nitrogen and oxygen atoms in total. The number of hydrogen-bond donors (Lipinski definition) is 0. The van der Waals surface area contributed by atoms with Crippen LogP contribution < -0.4 is 4.74 Å². The first-order valence-corrected chi connectivity index (χ1v) is 13.4. The van der Waals surface area contributed by atoms with E-state index >= 15 is 0 Å². The molecule has 1 aliphatic rings. The van der Waals surface area contributed by atoms with Crippen molar-refractivity contribution in [3.8, 4) is 17.0 Å². The van der Waals surface area contributed by atoms with E-state index in [1.165, 1.54) is 29.6 Å². The van der Waals surface area contributed by atoms with Crippen molar-refractivity contribution in [1.82, 2.24) is 24.6 Å². The van der Waals surface area contributed by atoms with E-state index in [2.05, 4.69) is 76.4 Å². The Morgan fingerprint density at radius 3 is 2.58 bits per heavy atom. The van der Waals surface area contributed by atoms with Crippen molar-refractivity contribution in [2.24, 2.45) is 5.41 Å². The van der Waals surface area contributed by atoms with Crippen molar-refractivity contribution in [1.29, 1.82) is 0 Å². The lowest BCUT2D eigenvalue weighted by Gasteiger charge is -2.55. The Kier molecular flexibility index (Phi) is 5.63. The Hall–Kier alpha value is -4.65. The summed E-state index contributed by atoms with van der Waals surface area (Å²) in [5, 5.41) is 5.24. The van der Waals surface area contributed by atoms with Crippen molar-refractivity contribution >= 4 is 16.7 Å². The number of halogens is 1. The van der Waals surface area contributed by atoms with Crippen LogP contribution in [-0.2, 0) is 12.0 Å². The van der Waals surface area contributed by atoms with Crippen LogP contribution in [-0.4, -0.2) is 24.6 Å². The Morgan fingerprint density at radius 2 is 1.75 bits per heavy atom. The molecule has 1 aliphatic carbocycles. The molecule has 3 aromatic carbocycles. The van der Waals surface area contributed by atoms with Crippen LogP contribution in [0.3, 0.4) is 0 Å². The number of pyridine rings is 1. The molecule has 0 bridgehead atoms. The lowest BCUT2D eigenvalue weighted by molar-refractivity contribution is 0.0883. The Bertz CT molecular complexity index is 1860. The lowest BCUT2D eigenvalue weighted by atomic mass is 9.49. The largest absolute Gasteiger partial charge is 0.487 e. The number of rotatable bonds is 6. The molecule has 0 aliphatic heterocycles. The van der Waals surface area contributed by atoms with Gasteiger partial charge in [-0.1, -0.05) is 50.2 Å². The molecule has 7 rings (SSSR count). The zero-order chi connectivity index (χ0) is 27.3. The molecule has 198 valence electrons. The van der Waals surface area contributed by atoms with Crippen LogP contribution in [0.5, 0.6) is 5.75 Å². The first-order valence-electron chi connectivity index (χ1n) is 13.4. The minimum absolute atomic E-state index is 0.180. The van der Waals surface area contributed by atoms with Crippen molar-refractivity contribution < 1.29 is 9.13 Å². The predicted octanol–water partition coefficient (Wildman–Crippen LogP) is 7.16. The summed E-state index contributed by atoms with van der Waals surface area (Å²) in [6, 6.07) is 27.4. The standard InChI is InChI=1S/C33H28FN5O/c1-32(2)19-33(20-32,23-6-4-3-5-7-23)28-17-26(11-12-27(28)30-14-15-35-31-36-21-37-39(30)31)40-18-25-10-8-22-16-24(34)9-13-29(22)38-25/h3-17,21H,18-20H2,1-2H3. The van der Waals surface area contributed by atoms with Gasteiger partial charge in [0, 0.05) is 22.6 Å². The van der Waals surface area contributed by atoms with Crippen LogP contribution in [0.1, 0.15) is 43.5 Å². The van der Waals surface area contributed by atoms with E-state index in [9.17, 15) is 4.39 Å². The fraction of sp³-hybridized carbons (Fsp3) is 0.212. The molecule has 40 heavy (non-hydrogen) atoms. The van der Waals surface area contributed by atoms with E-state index in [1.54, 1.807) is 16.8 Å². The highest BCUT2D eigenvalue weighted by molar-refractivity contribution is 5.78. The van der Waals surface area contributed by atoms with E-state index in [4.69, 9.17) is 4.74 Å². The van der Waals surface area contributed by atoms with Crippen LogP contribution >= 0.6 is 0 Å². The van der Waals surface area contributed by atoms with Gasteiger partial charge in [0.05, 0.1) is 16.9 Å². The molecule has 1 saturated carbocycles. The summed E-state index contributed by atoms with van der Waals surface area (Å²) < 4.78 is 21.7. The van der Waals surface area contributed by atoms with Crippen molar-refractivity contribution in [2.45, 2.75) is 38.7 Å². The summed E-state index contributed by atoms with van der Waals surface area (Å²) in [4.78, 5) is 13.4. The van der Waals surface area contributed by atoms with Crippen LogP contribution in [0, 0.1) is 11.2 Å². The van der Waals surface area contributed by atoms with Crippen LogP contribution in [0.4, 0.5) is 4.39 Å². The highest BCUT2D eigenvalue weighted by Crippen LogP contribution is 2.60. The first-order chi connectivity index (χ1) is 19.4. The molecule has 0 saturated heterocycles. The maximum absolute atomic E-state index is 13.6. The van der Waals surface area contributed by atoms with Crippen molar-refractivity contribution in [3.05, 3.63) is 120 Å². The van der Waals surface area contributed by atoms with Gasteiger partial charge in [0.1, 0.15) is 24.5 Å². The van der Waals surface area contributed by atoms with E-state index in [0.717, 1.165) is 46.4 Å². The maximum Gasteiger partial charge on any atom is 0.252 e. The third kappa shape index (κ3) is 4.18. The zero-order valence-electron chi connectivity index (χ0n) is 22.4. The van der Waals surface area contributed by atoms with E-state index in [1.807, 2.05) is 24.3 Å². The SMILES string of the molecule is CC1(C)CC(c2ccccc2)(c2cc(OCc3ccc4cc(F)ccc4n3)ccc2-c2ccnc3ncnn23)C1. The minimum Gasteiger partial charge on any atom is -0.487 e. The van der Waals surface area contributed by atoms with Gasteiger partial charge >= 0.3 is 0 Å². The molecule has 0 atom stereocenters. The molecule has 0 radical (unpaired) electrons. The fourth-order valence-electron chi connectivity index (χ4n) is 6.44. The summed E-state index contributed by atoms with van der Waals surface area (Å²) in [6.07, 6.45) is 5.34. The molecule has 6 aromatic rings. The second-order valence-electron chi connectivity index (χ2n) is 11.4. The third-order valence-corrected chi connectivity index (χ3v) is 7.95. The minimum atomic E-state index is -0.269. The number of nitrogens with zero attached hydrogens (tertiary/aromatic N) is 5. The Morgan fingerprint density at radius 1 is 0.900 bits per heavy atom. The van der Waals surface area contributed by atoms with Gasteiger partial charge in [-0.2, -0.15) is 14.6 Å². The van der Waals surface area contributed by atoms with Crippen LogP contribution in [0.15, 0.2) is 97.5 Å². The second kappa shape index (κ2) is 9.23. The normalized spacial score (nSPS) is 15.7. The van der Waals surface area contributed by atoms with Gasteiger partial charge in [-0.25, -0.2) is 14.4 Å². The average molecular weight is 530 g/mol. The summed E-state index contributed by atoms with van der Waals surface area (Å²) in [7, 11) is 0. The van der Waals surface area contributed by atoms with Gasteiger partial charge < -0.3 is 4.74 Å². The summed E-state index contributed by atoms with van der Waals surface area (Å²) in [5.74, 6) is 1.06. The fourth-order valence-corrected chi connectivity index (χ4v) is 6.44. The Balaban J connectivity index is 1.32. The second-order valence-corrected chi connectivity index (χ2v) is 11.4. The molecule has 3 heterocycles. The summed E-state index contributed by atoms with van der Waals surface area (Å²) in [5.41, 5.74) is 6.06. The lowest BCUT2D eigenvalue weighted by Crippen LogP contribution is -2.47. The van der Waals surface area contributed by atoms with Gasteiger partial charge in [0.2, 0.25) is 0 Å². The Labute approximate surface area is 231 Å². The molecule has 0 amide bonds. The molecule has 0 unspecified atom stereocenters. The predicted molar refractivity (Wildman–Crippen MR) is 152 cm³/mol. The highest BCUT2D eigenvalue weighted by Gasteiger charge is 2.52. The number of aromatic nitrogens is 5. The molecule has 0 N–H and O–H groups in total. The summed E-state index contributed by atoms with van der Waals surface area (Å²) >= 11 is 0. The van der Waals surface area contributed by atoms with Gasteiger partial charge in [0.15, 0.2) is 0 Å². The van der Waals surface area contributed by atoms with Gasteiger partial charge in [-0.05, 0) is 77.9 Å². The highest BCUT2D eigenvalue weighted by atomic mass is 19.1. The van der Waals surface area contributed by atoms with Crippen LogP contribution in [0.2, 0.25) is 0 Å². The average Bonchev–Trinajstić information content (AvgIpc) is 3.44. The first kappa shape index (κ1) is 24.4. The maximum atomic E-state index is 13.6. The molecular weight excluding hydrogens is 501 g/mol. The van der Waals surface area contributed by atoms with Gasteiger partial charge in [-0.3, -0.25) is 0 Å². The number of fused-ring (bicyclic) bond motifs is 2. The monoisotopic (exact) mass is 529 g/mol. The number of ether oxygens (including phenoxy) is 1. The molecule has 1 fully saturated rings. The molecule has 7 heteroatoms. The number of hydrogen-bond acceptors (Lipinski definition) is 5. The van der Waals surface area contributed by atoms with Gasteiger partial charge in [-0.15, -0.1) is 0 Å². The zero-order valence-corrected chi connectivity index (χ0v) is 22.4. The van der Waals surface area contributed by atoms with Crippen molar-refractivity contribution in [3.63, 3.8) is 0 Å². The van der Waals surface area contributed by atoms with E-state index in [-0.39, 0.29) is 16.6 Å². The molecular formula is C33H28FN5O. The van der Waals surface area contributed by atoms with E-state index < -0.39 is 0 Å². The third-order valence-electron chi connectivity index (χ3n) is 7.95. The smallest absolute Gasteiger partial charge is 0.252 e. The summed E-state index contributed by atoms with van der Waals surface area (Å²) in [6.45, 7) is 4.96. The van der Waals surface area contributed by atoms with Crippen LogP contribution in [0.25, 0.3) is 27.9 Å². The van der Waals surface area contributed by atoms with E-state index in [0.29, 0.717) is 12.4 Å². The topological polar surface area (TPSA) is 65.2 Å².